The summed E-state index contributed by atoms with van der Waals surface area (Å²) in [6.45, 7) is 2.00. The predicted octanol–water partition coefficient (Wildman–Crippen LogP) is 2.77. The minimum atomic E-state index is 0. The van der Waals surface area contributed by atoms with E-state index in [0.29, 0.717) is 19.7 Å². The van der Waals surface area contributed by atoms with Crippen molar-refractivity contribution in [2.45, 2.75) is 13.2 Å². The lowest BCUT2D eigenvalue weighted by Crippen LogP contribution is -2.18. The topological polar surface area (TPSA) is 41.5 Å². The van der Waals surface area contributed by atoms with Crippen LogP contribution in [-0.4, -0.2) is 18.3 Å². The van der Waals surface area contributed by atoms with E-state index in [0.717, 1.165) is 16.9 Å². The van der Waals surface area contributed by atoms with Crippen LogP contribution in [0, 0.1) is 0 Å². The first kappa shape index (κ1) is 16.5. The number of aliphatic hydroxyl groups excluding tert-OH is 1. The van der Waals surface area contributed by atoms with Crippen molar-refractivity contribution in [1.82, 2.24) is 5.32 Å². The molecule has 0 amide bonds. The third kappa shape index (κ3) is 5.21. The number of halogens is 1. The lowest BCUT2D eigenvalue weighted by Gasteiger charge is -2.12. The molecule has 2 rings (SSSR count). The van der Waals surface area contributed by atoms with Crippen LogP contribution in [0.4, 0.5) is 0 Å². The van der Waals surface area contributed by atoms with E-state index < -0.39 is 0 Å². The Hall–Kier alpha value is -1.55. The molecule has 0 aliphatic rings. The highest BCUT2D eigenvalue weighted by molar-refractivity contribution is 5.85. The molecule has 0 saturated carbocycles. The SMILES string of the molecule is Cl.OCCNCc1ccccc1OCc1ccccc1. The normalized spacial score (nSPS) is 9.85. The van der Waals surface area contributed by atoms with Gasteiger partial charge >= 0.3 is 0 Å². The monoisotopic (exact) mass is 293 g/mol. The van der Waals surface area contributed by atoms with Crippen molar-refractivity contribution >= 4 is 12.4 Å². The zero-order chi connectivity index (χ0) is 13.3. The van der Waals surface area contributed by atoms with E-state index in [1.54, 1.807) is 0 Å². The minimum Gasteiger partial charge on any atom is -0.489 e. The van der Waals surface area contributed by atoms with Crippen molar-refractivity contribution < 1.29 is 9.84 Å². The summed E-state index contributed by atoms with van der Waals surface area (Å²) in [6.07, 6.45) is 0. The summed E-state index contributed by atoms with van der Waals surface area (Å²) in [4.78, 5) is 0. The van der Waals surface area contributed by atoms with E-state index >= 15 is 0 Å². The molecule has 0 saturated heterocycles. The second-order valence-corrected chi connectivity index (χ2v) is 4.28. The number of rotatable bonds is 7. The lowest BCUT2D eigenvalue weighted by atomic mass is 10.2. The van der Waals surface area contributed by atoms with Gasteiger partial charge in [-0.1, -0.05) is 48.5 Å². The Kier molecular flexibility index (Phi) is 7.73. The molecule has 0 spiro atoms. The van der Waals surface area contributed by atoms with E-state index in [-0.39, 0.29) is 19.0 Å². The van der Waals surface area contributed by atoms with E-state index in [4.69, 9.17) is 9.84 Å². The number of aliphatic hydroxyl groups is 1. The zero-order valence-electron chi connectivity index (χ0n) is 11.3. The molecule has 0 atom stereocenters. The van der Waals surface area contributed by atoms with Gasteiger partial charge in [-0.2, -0.15) is 0 Å². The summed E-state index contributed by atoms with van der Waals surface area (Å²) in [7, 11) is 0. The van der Waals surface area contributed by atoms with E-state index in [2.05, 4.69) is 5.32 Å². The molecule has 3 nitrogen and oxygen atoms in total. The van der Waals surface area contributed by atoms with Gasteiger partial charge in [0, 0.05) is 18.7 Å². The Morgan fingerprint density at radius 1 is 0.950 bits per heavy atom. The van der Waals surface area contributed by atoms with Gasteiger partial charge in [0.15, 0.2) is 0 Å². The Morgan fingerprint density at radius 2 is 1.65 bits per heavy atom. The van der Waals surface area contributed by atoms with Crippen molar-refractivity contribution in [3.8, 4) is 5.75 Å². The molecular weight excluding hydrogens is 274 g/mol. The second-order valence-electron chi connectivity index (χ2n) is 4.28. The molecule has 108 valence electrons. The van der Waals surface area contributed by atoms with Crippen molar-refractivity contribution in [2.24, 2.45) is 0 Å². The highest BCUT2D eigenvalue weighted by Gasteiger charge is 2.02. The number of para-hydroxylation sites is 1. The standard InChI is InChI=1S/C16H19NO2.ClH/c18-11-10-17-12-15-8-4-5-9-16(15)19-13-14-6-2-1-3-7-14;/h1-9,17-18H,10-13H2;1H. The summed E-state index contributed by atoms with van der Waals surface area (Å²) >= 11 is 0. The first-order chi connectivity index (χ1) is 9.40. The van der Waals surface area contributed by atoms with Crippen LogP contribution in [0.3, 0.4) is 0 Å². The van der Waals surface area contributed by atoms with Gasteiger partial charge in [0.2, 0.25) is 0 Å². The first-order valence-corrected chi connectivity index (χ1v) is 6.46. The van der Waals surface area contributed by atoms with Crippen LogP contribution in [-0.2, 0) is 13.2 Å². The van der Waals surface area contributed by atoms with Gasteiger partial charge in [-0.05, 0) is 11.6 Å². The van der Waals surface area contributed by atoms with Crippen LogP contribution in [0.15, 0.2) is 54.6 Å². The maximum Gasteiger partial charge on any atom is 0.124 e. The van der Waals surface area contributed by atoms with Crippen LogP contribution in [0.5, 0.6) is 5.75 Å². The van der Waals surface area contributed by atoms with Gasteiger partial charge in [0.25, 0.3) is 0 Å². The lowest BCUT2D eigenvalue weighted by molar-refractivity contribution is 0.288. The van der Waals surface area contributed by atoms with Gasteiger partial charge in [-0.3, -0.25) is 0 Å². The molecule has 4 heteroatoms. The third-order valence-corrected chi connectivity index (χ3v) is 2.81. The molecule has 0 radical (unpaired) electrons. The number of hydrogen-bond acceptors (Lipinski definition) is 3. The highest BCUT2D eigenvalue weighted by Crippen LogP contribution is 2.19. The summed E-state index contributed by atoms with van der Waals surface area (Å²) in [5.41, 5.74) is 2.26. The number of benzene rings is 2. The van der Waals surface area contributed by atoms with Crippen LogP contribution in [0.2, 0.25) is 0 Å². The highest BCUT2D eigenvalue weighted by atomic mass is 35.5. The van der Waals surface area contributed by atoms with Gasteiger partial charge in [-0.25, -0.2) is 0 Å². The summed E-state index contributed by atoms with van der Waals surface area (Å²) in [5.74, 6) is 0.886. The largest absolute Gasteiger partial charge is 0.489 e. The van der Waals surface area contributed by atoms with Gasteiger partial charge in [0.05, 0.1) is 6.61 Å². The molecule has 2 aromatic rings. The first-order valence-electron chi connectivity index (χ1n) is 6.46. The summed E-state index contributed by atoms with van der Waals surface area (Å²) in [6, 6.07) is 18.1. The molecular formula is C16H20ClNO2. The van der Waals surface area contributed by atoms with Gasteiger partial charge < -0.3 is 15.2 Å². The Morgan fingerprint density at radius 3 is 2.40 bits per heavy atom. The van der Waals surface area contributed by atoms with E-state index in [9.17, 15) is 0 Å². The van der Waals surface area contributed by atoms with Crippen LogP contribution >= 0.6 is 12.4 Å². The fourth-order valence-electron chi connectivity index (χ4n) is 1.83. The third-order valence-electron chi connectivity index (χ3n) is 2.81. The second kappa shape index (κ2) is 9.37. The van der Waals surface area contributed by atoms with Gasteiger partial charge in [-0.15, -0.1) is 12.4 Å². The Balaban J connectivity index is 0.00000200. The fourth-order valence-corrected chi connectivity index (χ4v) is 1.83. The van der Waals surface area contributed by atoms with Crippen molar-refractivity contribution in [1.29, 1.82) is 0 Å². The minimum absolute atomic E-state index is 0. The van der Waals surface area contributed by atoms with Crippen molar-refractivity contribution in [3.63, 3.8) is 0 Å². The molecule has 20 heavy (non-hydrogen) atoms. The average molecular weight is 294 g/mol. The maximum atomic E-state index is 8.77. The molecule has 0 aliphatic heterocycles. The van der Waals surface area contributed by atoms with Crippen LogP contribution < -0.4 is 10.1 Å². The Bertz CT molecular complexity index is 491. The molecule has 0 bridgehead atoms. The smallest absolute Gasteiger partial charge is 0.124 e. The molecule has 0 unspecified atom stereocenters. The van der Waals surface area contributed by atoms with Crippen molar-refractivity contribution in [2.75, 3.05) is 13.2 Å². The molecule has 0 aromatic heterocycles. The van der Waals surface area contributed by atoms with Gasteiger partial charge in [0.1, 0.15) is 12.4 Å². The molecule has 0 fully saturated rings. The number of nitrogens with one attached hydrogen (secondary N) is 1. The van der Waals surface area contributed by atoms with E-state index in [1.165, 1.54) is 0 Å². The summed E-state index contributed by atoms with van der Waals surface area (Å²) < 4.78 is 5.85. The molecule has 0 heterocycles. The van der Waals surface area contributed by atoms with E-state index in [1.807, 2.05) is 54.6 Å². The molecule has 0 aliphatic carbocycles. The number of ether oxygens (including phenoxy) is 1. The Labute approximate surface area is 126 Å². The van der Waals surface area contributed by atoms with Crippen LogP contribution in [0.25, 0.3) is 0 Å². The van der Waals surface area contributed by atoms with Crippen LogP contribution in [0.1, 0.15) is 11.1 Å². The zero-order valence-corrected chi connectivity index (χ0v) is 12.1. The molecule has 2 N–H and O–H groups in total. The number of hydrogen-bond donors (Lipinski definition) is 2. The fraction of sp³-hybridized carbons (Fsp3) is 0.250. The van der Waals surface area contributed by atoms with Crippen molar-refractivity contribution in [3.05, 3.63) is 65.7 Å². The maximum absolute atomic E-state index is 8.77. The molecule has 2 aromatic carbocycles. The summed E-state index contributed by atoms with van der Waals surface area (Å²) in [5, 5.41) is 11.9. The predicted molar refractivity (Wildman–Crippen MR) is 83.3 cm³/mol. The average Bonchev–Trinajstić information content (AvgIpc) is 2.48. The quantitative estimate of drug-likeness (QED) is 0.771.